The molecule has 2 aromatic carbocycles. The predicted molar refractivity (Wildman–Crippen MR) is 132 cm³/mol. The van der Waals surface area contributed by atoms with E-state index in [1.807, 2.05) is 51.2 Å². The Balaban J connectivity index is 1.65. The van der Waals surface area contributed by atoms with Gasteiger partial charge in [0, 0.05) is 24.0 Å². The van der Waals surface area contributed by atoms with Crippen molar-refractivity contribution >= 4 is 11.8 Å². The van der Waals surface area contributed by atoms with Gasteiger partial charge in [0.1, 0.15) is 17.0 Å². The quantitative estimate of drug-likeness (QED) is 0.338. The summed E-state index contributed by atoms with van der Waals surface area (Å²) in [5, 5.41) is 9.99. The van der Waals surface area contributed by atoms with E-state index in [0.29, 0.717) is 22.6 Å². The van der Waals surface area contributed by atoms with Crippen molar-refractivity contribution in [2.45, 2.75) is 27.7 Å². The molecule has 2 heterocycles. The van der Waals surface area contributed by atoms with Crippen molar-refractivity contribution < 1.29 is 19.4 Å². The fourth-order valence-electron chi connectivity index (χ4n) is 4.30. The average Bonchev–Trinajstić information content (AvgIpc) is 3.23. The number of aromatic hydroxyl groups is 1. The molecule has 8 nitrogen and oxygen atoms in total. The first-order valence-corrected chi connectivity index (χ1v) is 11.1. The second-order valence-electron chi connectivity index (χ2n) is 8.55. The number of phenolic OH excluding ortho intramolecular Hbond substituents is 1. The van der Waals surface area contributed by atoms with E-state index in [1.165, 1.54) is 12.1 Å². The number of aryl methyl sites for hydroxylation is 2. The fraction of sp³-hybridized carbons (Fsp3) is 0.222. The van der Waals surface area contributed by atoms with Gasteiger partial charge in [-0.25, -0.2) is 9.48 Å². The summed E-state index contributed by atoms with van der Waals surface area (Å²) in [5.74, 6) is -1.38. The number of para-hydroxylation sites is 1. The van der Waals surface area contributed by atoms with Crippen LogP contribution in [0.5, 0.6) is 5.75 Å². The number of hydrogen-bond acceptors (Lipinski definition) is 5. The van der Waals surface area contributed by atoms with Crippen LogP contribution in [0.1, 0.15) is 43.4 Å². The number of carbonyl (C=O) groups is 2. The summed E-state index contributed by atoms with van der Waals surface area (Å²) < 4.78 is 10.3. The predicted octanol–water partition coefficient (Wildman–Crippen LogP) is 3.95. The van der Waals surface area contributed by atoms with Gasteiger partial charge in [-0.1, -0.05) is 24.3 Å². The summed E-state index contributed by atoms with van der Waals surface area (Å²) in [4.78, 5) is 38.8. The zero-order chi connectivity index (χ0) is 25.4. The molecule has 0 aliphatic rings. The van der Waals surface area contributed by atoms with E-state index in [-0.39, 0.29) is 16.9 Å². The zero-order valence-corrected chi connectivity index (χ0v) is 20.3. The van der Waals surface area contributed by atoms with Crippen LogP contribution in [0.4, 0.5) is 0 Å². The number of Topliss-reactive ketones (excluding diaryl/α,β-unsaturated/α-hetero) is 1. The van der Waals surface area contributed by atoms with E-state index < -0.39 is 18.4 Å². The topological polar surface area (TPSA) is 95.5 Å². The zero-order valence-electron chi connectivity index (χ0n) is 20.3. The number of esters is 1. The summed E-state index contributed by atoms with van der Waals surface area (Å²) in [6.45, 7) is 6.73. The van der Waals surface area contributed by atoms with Gasteiger partial charge in [-0.05, 0) is 63.6 Å². The molecule has 0 saturated heterocycles. The van der Waals surface area contributed by atoms with Gasteiger partial charge in [-0.2, -0.15) is 0 Å². The van der Waals surface area contributed by atoms with Crippen LogP contribution in [0.15, 0.2) is 59.4 Å². The Kier molecular flexibility index (Phi) is 6.22. The van der Waals surface area contributed by atoms with E-state index in [1.54, 1.807) is 39.9 Å². The third kappa shape index (κ3) is 4.19. The molecule has 4 aromatic rings. The lowest BCUT2D eigenvalue weighted by molar-refractivity contribution is 0.0471. The highest BCUT2D eigenvalue weighted by molar-refractivity contribution is 6.01. The molecule has 0 radical (unpaired) electrons. The van der Waals surface area contributed by atoms with Crippen LogP contribution < -0.4 is 5.56 Å². The van der Waals surface area contributed by atoms with Gasteiger partial charge in [0.15, 0.2) is 6.61 Å². The summed E-state index contributed by atoms with van der Waals surface area (Å²) in [5.41, 5.74) is 4.15. The monoisotopic (exact) mass is 473 g/mol. The fourth-order valence-corrected chi connectivity index (χ4v) is 4.30. The maximum Gasteiger partial charge on any atom is 0.342 e. The largest absolute Gasteiger partial charge is 0.507 e. The van der Waals surface area contributed by atoms with Crippen molar-refractivity contribution in [3.05, 3.63) is 98.7 Å². The first-order chi connectivity index (χ1) is 16.6. The molecule has 0 unspecified atom stereocenters. The molecule has 0 aliphatic heterocycles. The van der Waals surface area contributed by atoms with Crippen molar-refractivity contribution in [3.8, 4) is 17.1 Å². The van der Waals surface area contributed by atoms with Crippen LogP contribution in [0.2, 0.25) is 0 Å². The lowest BCUT2D eigenvalue weighted by Gasteiger charge is -2.09. The maximum absolute atomic E-state index is 13.5. The molecule has 0 amide bonds. The highest BCUT2D eigenvalue weighted by Crippen LogP contribution is 2.24. The summed E-state index contributed by atoms with van der Waals surface area (Å²) in [7, 11) is 1.81. The van der Waals surface area contributed by atoms with Crippen LogP contribution in [0.25, 0.3) is 11.4 Å². The van der Waals surface area contributed by atoms with E-state index in [4.69, 9.17) is 4.74 Å². The van der Waals surface area contributed by atoms with Gasteiger partial charge in [0.05, 0.1) is 11.4 Å². The molecule has 0 fully saturated rings. The van der Waals surface area contributed by atoms with Crippen molar-refractivity contribution in [1.29, 1.82) is 0 Å². The second-order valence-corrected chi connectivity index (χ2v) is 8.55. The maximum atomic E-state index is 13.5. The Labute approximate surface area is 202 Å². The van der Waals surface area contributed by atoms with E-state index >= 15 is 0 Å². The minimum Gasteiger partial charge on any atom is -0.507 e. The van der Waals surface area contributed by atoms with Crippen LogP contribution in [-0.4, -0.2) is 37.4 Å². The van der Waals surface area contributed by atoms with Crippen molar-refractivity contribution in [2.24, 2.45) is 7.05 Å². The second kappa shape index (κ2) is 9.13. The minimum absolute atomic E-state index is 0.00440. The molecular weight excluding hydrogens is 446 g/mol. The third-order valence-corrected chi connectivity index (χ3v) is 6.19. The Morgan fingerprint density at radius 1 is 0.914 bits per heavy atom. The molecule has 0 saturated carbocycles. The van der Waals surface area contributed by atoms with Gasteiger partial charge in [-0.15, -0.1) is 0 Å². The third-order valence-electron chi connectivity index (χ3n) is 6.19. The van der Waals surface area contributed by atoms with E-state index in [0.717, 1.165) is 16.9 Å². The summed E-state index contributed by atoms with van der Waals surface area (Å²) in [6, 6.07) is 15.6. The van der Waals surface area contributed by atoms with Crippen LogP contribution in [-0.2, 0) is 11.8 Å². The average molecular weight is 474 g/mol. The molecule has 0 atom stereocenters. The minimum atomic E-state index is -0.783. The van der Waals surface area contributed by atoms with Crippen LogP contribution in [0.3, 0.4) is 0 Å². The molecule has 35 heavy (non-hydrogen) atoms. The number of ether oxygens (including phenoxy) is 1. The molecule has 0 aliphatic carbocycles. The number of carbonyl (C=O) groups excluding carboxylic acids is 2. The summed E-state index contributed by atoms with van der Waals surface area (Å²) in [6.07, 6.45) is 0. The molecule has 4 rings (SSSR count). The molecule has 0 spiro atoms. The lowest BCUT2D eigenvalue weighted by atomic mass is 10.1. The van der Waals surface area contributed by atoms with Crippen molar-refractivity contribution in [1.82, 2.24) is 13.9 Å². The van der Waals surface area contributed by atoms with Gasteiger partial charge in [-0.3, -0.25) is 14.3 Å². The lowest BCUT2D eigenvalue weighted by Crippen LogP contribution is -2.22. The summed E-state index contributed by atoms with van der Waals surface area (Å²) >= 11 is 0. The Morgan fingerprint density at radius 2 is 1.60 bits per heavy atom. The molecule has 2 aromatic heterocycles. The normalized spacial score (nSPS) is 11.0. The molecule has 8 heteroatoms. The molecular formula is C27H27N3O5. The number of aromatic nitrogens is 3. The van der Waals surface area contributed by atoms with Crippen molar-refractivity contribution in [3.63, 3.8) is 0 Å². The first-order valence-electron chi connectivity index (χ1n) is 11.1. The molecule has 180 valence electrons. The number of rotatable bonds is 6. The number of hydrogen-bond donors (Lipinski definition) is 1. The van der Waals surface area contributed by atoms with Gasteiger partial charge < -0.3 is 14.4 Å². The number of phenols is 1. The van der Waals surface area contributed by atoms with Crippen LogP contribution in [0, 0.1) is 27.7 Å². The number of ketones is 1. The first kappa shape index (κ1) is 23.8. The SMILES string of the molecule is Cc1ccc(C(=O)OCC(=O)c2cc(C)n(-c3c(C)n(C)n(-c4ccccc4)c3=O)c2C)c(O)c1. The van der Waals surface area contributed by atoms with Gasteiger partial charge in [0.2, 0.25) is 5.78 Å². The smallest absolute Gasteiger partial charge is 0.342 e. The standard InChI is InChI=1S/C27H27N3O5/c1-16-11-12-21(23(31)13-16)27(34)35-15-24(32)22-14-17(2)29(18(22)3)25-19(4)28(5)30(26(25)33)20-9-7-6-8-10-20/h6-14,31H,15H2,1-5H3. The Bertz CT molecular complexity index is 1510. The van der Waals surface area contributed by atoms with E-state index in [2.05, 4.69) is 0 Å². The Hall–Kier alpha value is -4.33. The van der Waals surface area contributed by atoms with Gasteiger partial charge in [0.25, 0.3) is 5.56 Å². The Morgan fingerprint density at radius 3 is 2.26 bits per heavy atom. The molecule has 0 bridgehead atoms. The number of benzene rings is 2. The van der Waals surface area contributed by atoms with Gasteiger partial charge >= 0.3 is 5.97 Å². The van der Waals surface area contributed by atoms with E-state index in [9.17, 15) is 19.5 Å². The van der Waals surface area contributed by atoms with Crippen molar-refractivity contribution in [2.75, 3.05) is 6.61 Å². The highest BCUT2D eigenvalue weighted by atomic mass is 16.5. The highest BCUT2D eigenvalue weighted by Gasteiger charge is 2.24. The van der Waals surface area contributed by atoms with Crippen LogP contribution >= 0.6 is 0 Å². The number of nitrogens with zero attached hydrogens (tertiary/aromatic N) is 3. The molecule has 1 N–H and O–H groups in total.